The summed E-state index contributed by atoms with van der Waals surface area (Å²) < 4.78 is 30.3. The van der Waals surface area contributed by atoms with E-state index in [-0.39, 0.29) is 5.75 Å². The van der Waals surface area contributed by atoms with Crippen LogP contribution < -0.4 is 4.72 Å². The van der Waals surface area contributed by atoms with Gasteiger partial charge in [0.25, 0.3) is 0 Å². The number of imidazole rings is 1. The van der Waals surface area contributed by atoms with E-state index in [0.29, 0.717) is 19.6 Å². The normalized spacial score (nSPS) is 11.8. The number of aromatic amines is 1. The van der Waals surface area contributed by atoms with Gasteiger partial charge in [-0.3, -0.25) is 0 Å². The van der Waals surface area contributed by atoms with Crippen LogP contribution in [0.2, 0.25) is 0 Å². The van der Waals surface area contributed by atoms with Gasteiger partial charge in [0.2, 0.25) is 10.0 Å². The van der Waals surface area contributed by atoms with E-state index in [1.807, 2.05) is 0 Å². The van der Waals surface area contributed by atoms with Gasteiger partial charge in [0.15, 0.2) is 0 Å². The van der Waals surface area contributed by atoms with Crippen molar-refractivity contribution >= 4 is 10.0 Å². The van der Waals surface area contributed by atoms with Crippen molar-refractivity contribution in [1.29, 1.82) is 0 Å². The lowest BCUT2D eigenvalue weighted by Crippen LogP contribution is -2.28. The fraction of sp³-hybridized carbons (Fsp3) is 0.700. The average molecular weight is 261 g/mol. The van der Waals surface area contributed by atoms with Crippen molar-refractivity contribution in [1.82, 2.24) is 14.7 Å². The number of aryl methyl sites for hydroxylation is 1. The molecule has 0 aliphatic heterocycles. The molecule has 0 unspecified atom stereocenters. The molecule has 1 aromatic rings. The fourth-order valence-corrected chi connectivity index (χ4v) is 2.48. The summed E-state index contributed by atoms with van der Waals surface area (Å²) >= 11 is 0. The molecular formula is C10H19N3O3S. The zero-order valence-electron chi connectivity index (χ0n) is 9.98. The van der Waals surface area contributed by atoms with E-state index < -0.39 is 10.0 Å². The number of methoxy groups -OCH3 is 1. The van der Waals surface area contributed by atoms with Crippen LogP contribution in [0.25, 0.3) is 0 Å². The monoisotopic (exact) mass is 261 g/mol. The van der Waals surface area contributed by atoms with Crippen molar-refractivity contribution in [3.05, 3.63) is 18.2 Å². The van der Waals surface area contributed by atoms with Crippen LogP contribution in [0.3, 0.4) is 0 Å². The van der Waals surface area contributed by atoms with E-state index in [1.165, 1.54) is 0 Å². The lowest BCUT2D eigenvalue weighted by Gasteiger charge is -2.05. The second kappa shape index (κ2) is 7.41. The summed E-state index contributed by atoms with van der Waals surface area (Å²) in [7, 11) is -1.60. The van der Waals surface area contributed by atoms with Gasteiger partial charge in [-0.25, -0.2) is 18.1 Å². The molecule has 1 aromatic heterocycles. The highest BCUT2D eigenvalue weighted by molar-refractivity contribution is 7.89. The molecule has 0 amide bonds. The quantitative estimate of drug-likeness (QED) is 0.626. The molecule has 7 heteroatoms. The first-order valence-corrected chi connectivity index (χ1v) is 7.24. The molecule has 2 N–H and O–H groups in total. The summed E-state index contributed by atoms with van der Waals surface area (Å²) in [4.78, 5) is 7.03. The summed E-state index contributed by atoms with van der Waals surface area (Å²) in [6.45, 7) is 0.906. The van der Waals surface area contributed by atoms with Crippen LogP contribution in [0.1, 0.15) is 18.7 Å². The Kier molecular flexibility index (Phi) is 6.17. The molecule has 6 nitrogen and oxygen atoms in total. The molecule has 0 atom stereocenters. The van der Waals surface area contributed by atoms with E-state index >= 15 is 0 Å². The molecular weight excluding hydrogens is 242 g/mol. The van der Waals surface area contributed by atoms with E-state index in [9.17, 15) is 8.42 Å². The average Bonchev–Trinajstić information content (AvgIpc) is 2.77. The van der Waals surface area contributed by atoms with Gasteiger partial charge in [-0.15, -0.1) is 0 Å². The van der Waals surface area contributed by atoms with Crippen molar-refractivity contribution in [2.75, 3.05) is 26.0 Å². The van der Waals surface area contributed by atoms with Crippen molar-refractivity contribution in [3.63, 3.8) is 0 Å². The van der Waals surface area contributed by atoms with Gasteiger partial charge in [0.1, 0.15) is 5.82 Å². The van der Waals surface area contributed by atoms with Gasteiger partial charge in [-0.05, 0) is 12.8 Å². The summed E-state index contributed by atoms with van der Waals surface area (Å²) in [6, 6.07) is 0. The molecule has 0 bridgehead atoms. The van der Waals surface area contributed by atoms with Crippen LogP contribution in [0.4, 0.5) is 0 Å². The van der Waals surface area contributed by atoms with Crippen molar-refractivity contribution in [3.8, 4) is 0 Å². The zero-order chi connectivity index (χ0) is 12.6. The Bertz CT molecular complexity index is 389. The number of sulfonamides is 1. The maximum atomic E-state index is 11.5. The number of nitrogens with zero attached hydrogens (tertiary/aromatic N) is 1. The first kappa shape index (κ1) is 14.1. The smallest absolute Gasteiger partial charge is 0.211 e. The third-order valence-electron chi connectivity index (χ3n) is 2.23. The zero-order valence-corrected chi connectivity index (χ0v) is 10.8. The molecule has 1 heterocycles. The Hall–Kier alpha value is -0.920. The predicted molar refractivity (Wildman–Crippen MR) is 65.2 cm³/mol. The lowest BCUT2D eigenvalue weighted by atomic mass is 10.3. The first-order chi connectivity index (χ1) is 8.14. The van der Waals surface area contributed by atoms with E-state index in [0.717, 1.165) is 18.7 Å². The van der Waals surface area contributed by atoms with E-state index in [4.69, 9.17) is 4.74 Å². The molecule has 0 spiro atoms. The van der Waals surface area contributed by atoms with Gasteiger partial charge >= 0.3 is 0 Å². The highest BCUT2D eigenvalue weighted by Crippen LogP contribution is 1.95. The Morgan fingerprint density at radius 3 is 2.94 bits per heavy atom. The first-order valence-electron chi connectivity index (χ1n) is 5.58. The molecule has 0 saturated heterocycles. The van der Waals surface area contributed by atoms with Gasteiger partial charge < -0.3 is 9.72 Å². The number of hydrogen-bond acceptors (Lipinski definition) is 4. The molecule has 17 heavy (non-hydrogen) atoms. The molecule has 0 fully saturated rings. The number of ether oxygens (including phenoxy) is 1. The maximum Gasteiger partial charge on any atom is 0.211 e. The molecule has 0 aliphatic carbocycles. The third kappa shape index (κ3) is 6.40. The molecule has 0 saturated carbocycles. The van der Waals surface area contributed by atoms with E-state index in [2.05, 4.69) is 14.7 Å². The van der Waals surface area contributed by atoms with Gasteiger partial charge in [-0.1, -0.05) is 0 Å². The molecule has 1 rings (SSSR count). The second-order valence-corrected chi connectivity index (χ2v) is 5.63. The second-order valence-electron chi connectivity index (χ2n) is 3.70. The SMILES string of the molecule is COCCCS(=O)(=O)NCCCc1ncc[nH]1. The van der Waals surface area contributed by atoms with Crippen LogP contribution >= 0.6 is 0 Å². The minimum Gasteiger partial charge on any atom is -0.385 e. The number of aromatic nitrogens is 2. The Morgan fingerprint density at radius 1 is 1.47 bits per heavy atom. The Labute approximate surface area is 102 Å². The topological polar surface area (TPSA) is 84.1 Å². The summed E-state index contributed by atoms with van der Waals surface area (Å²) in [5, 5.41) is 0. The molecule has 0 aromatic carbocycles. The highest BCUT2D eigenvalue weighted by atomic mass is 32.2. The lowest BCUT2D eigenvalue weighted by molar-refractivity contribution is 0.199. The summed E-state index contributed by atoms with van der Waals surface area (Å²) in [5.74, 6) is 0.991. The standard InChI is InChI=1S/C10H19N3O3S/c1-16-8-3-9-17(14,15)13-5-2-4-10-11-6-7-12-10/h6-7,13H,2-5,8-9H2,1H3,(H,11,12). The fourth-order valence-electron chi connectivity index (χ4n) is 1.38. The minimum atomic E-state index is -3.16. The van der Waals surface area contributed by atoms with Gasteiger partial charge in [0, 0.05) is 39.1 Å². The molecule has 0 radical (unpaired) electrons. The van der Waals surface area contributed by atoms with Gasteiger partial charge in [0.05, 0.1) is 5.75 Å². The maximum absolute atomic E-state index is 11.5. The number of hydrogen-bond donors (Lipinski definition) is 2. The van der Waals surface area contributed by atoms with Crippen LogP contribution in [-0.4, -0.2) is 44.4 Å². The minimum absolute atomic E-state index is 0.113. The van der Waals surface area contributed by atoms with Crippen LogP contribution in [0.5, 0.6) is 0 Å². The molecule has 0 aliphatic rings. The van der Waals surface area contributed by atoms with Crippen LogP contribution in [0, 0.1) is 0 Å². The van der Waals surface area contributed by atoms with Crippen LogP contribution in [0.15, 0.2) is 12.4 Å². The summed E-state index contributed by atoms with van der Waals surface area (Å²) in [5.41, 5.74) is 0. The van der Waals surface area contributed by atoms with Crippen LogP contribution in [-0.2, 0) is 21.2 Å². The Morgan fingerprint density at radius 2 is 2.29 bits per heavy atom. The largest absolute Gasteiger partial charge is 0.385 e. The Balaban J connectivity index is 2.12. The highest BCUT2D eigenvalue weighted by Gasteiger charge is 2.08. The number of nitrogens with one attached hydrogen (secondary N) is 2. The molecule has 98 valence electrons. The van der Waals surface area contributed by atoms with Crippen molar-refractivity contribution in [2.24, 2.45) is 0 Å². The number of rotatable bonds is 9. The van der Waals surface area contributed by atoms with Crippen molar-refractivity contribution < 1.29 is 13.2 Å². The number of H-pyrrole nitrogens is 1. The predicted octanol–water partition coefficient (Wildman–Crippen LogP) is 0.298. The van der Waals surface area contributed by atoms with Crippen molar-refractivity contribution in [2.45, 2.75) is 19.3 Å². The van der Waals surface area contributed by atoms with E-state index in [1.54, 1.807) is 19.5 Å². The van der Waals surface area contributed by atoms with Gasteiger partial charge in [-0.2, -0.15) is 0 Å². The third-order valence-corrected chi connectivity index (χ3v) is 3.70. The summed E-state index contributed by atoms with van der Waals surface area (Å²) in [6.07, 6.45) is 5.43.